The number of carbonyl (C=O) groups excluding carboxylic acids is 2. The molecule has 3 aromatic rings. The van der Waals surface area contributed by atoms with Gasteiger partial charge in [0.25, 0.3) is 5.91 Å². The van der Waals surface area contributed by atoms with Gasteiger partial charge in [-0.3, -0.25) is 9.69 Å². The predicted molar refractivity (Wildman–Crippen MR) is 173 cm³/mol. The number of aromatic nitrogens is 4. The van der Waals surface area contributed by atoms with Gasteiger partial charge in [0.15, 0.2) is 11.5 Å². The number of carbonyl (C=O) groups is 2. The van der Waals surface area contributed by atoms with Crippen LogP contribution in [0.5, 0.6) is 0 Å². The van der Waals surface area contributed by atoms with Crippen LogP contribution in [0.1, 0.15) is 70.2 Å². The van der Waals surface area contributed by atoms with Gasteiger partial charge in [-0.25, -0.2) is 19.5 Å². The van der Waals surface area contributed by atoms with E-state index in [-0.39, 0.29) is 29.9 Å². The van der Waals surface area contributed by atoms with Crippen molar-refractivity contribution in [2.75, 3.05) is 6.61 Å². The summed E-state index contributed by atoms with van der Waals surface area (Å²) >= 11 is 6.57. The van der Waals surface area contributed by atoms with Crippen molar-refractivity contribution in [2.45, 2.75) is 70.6 Å². The first kappa shape index (κ1) is 32.4. The Morgan fingerprint density at radius 3 is 2.68 bits per heavy atom. The standard InChI is InChI=1S/C33H37ClF2N8O3/c1-32(2,3)17-33(22-7-4-19(5-8-22)21-13-40-43(15-21)29(35)36)28(45)44(30(37)42-33)27(16-47-31(46)41-23-9-10-23)20-6-11-25(34)24(12-20)26-14-38-18-39-26/h4-7,11-15,18,22-23,27,29H,8-10,16-17H2,1-3H3,(H2,37,42)(H,38,39)(H,41,46)/t22?,27-,33-/m1/s1. The molecule has 6 rings (SSSR count). The van der Waals surface area contributed by atoms with Crippen molar-refractivity contribution in [3.05, 3.63) is 77.5 Å². The van der Waals surface area contributed by atoms with Crippen molar-refractivity contribution in [3.8, 4) is 11.3 Å². The summed E-state index contributed by atoms with van der Waals surface area (Å²) in [6, 6.07) is 4.57. The van der Waals surface area contributed by atoms with E-state index in [1.165, 1.54) is 17.3 Å². The summed E-state index contributed by atoms with van der Waals surface area (Å²) in [5, 5.41) is 7.03. The molecule has 0 spiro atoms. The molecule has 47 heavy (non-hydrogen) atoms. The maximum Gasteiger partial charge on any atom is 0.407 e. The Balaban J connectivity index is 1.34. The van der Waals surface area contributed by atoms with Crippen molar-refractivity contribution >= 4 is 35.1 Å². The average molecular weight is 667 g/mol. The number of guanidine groups is 1. The van der Waals surface area contributed by atoms with Crippen molar-refractivity contribution in [3.63, 3.8) is 0 Å². The van der Waals surface area contributed by atoms with Gasteiger partial charge in [0.05, 0.1) is 30.5 Å². The summed E-state index contributed by atoms with van der Waals surface area (Å²) in [4.78, 5) is 41.0. The number of imidazole rings is 1. The molecule has 14 heteroatoms. The number of nitrogens with zero attached hydrogens (tertiary/aromatic N) is 5. The van der Waals surface area contributed by atoms with E-state index < -0.39 is 30.1 Å². The SMILES string of the molecule is CC(C)(C)C[C@]1(C2C=CC(c3cnn(C(F)F)c3)=CC2)N=C(N)N([C@H](COC(=O)NC2CC2)c2ccc(Cl)c(-c3cnc[nH]3)c2)C1=O. The monoisotopic (exact) mass is 666 g/mol. The second-order valence-corrected chi connectivity index (χ2v) is 13.8. The minimum absolute atomic E-state index is 0.00915. The van der Waals surface area contributed by atoms with E-state index in [0.717, 1.165) is 18.4 Å². The van der Waals surface area contributed by atoms with E-state index in [0.29, 0.717) is 44.9 Å². The molecule has 3 aliphatic rings. The van der Waals surface area contributed by atoms with Gasteiger partial charge < -0.3 is 20.8 Å². The van der Waals surface area contributed by atoms with Crippen LogP contribution in [0.2, 0.25) is 5.02 Å². The highest BCUT2D eigenvalue weighted by atomic mass is 35.5. The lowest BCUT2D eigenvalue weighted by molar-refractivity contribution is -0.136. The van der Waals surface area contributed by atoms with Gasteiger partial charge in [-0.15, -0.1) is 0 Å². The molecule has 1 aromatic carbocycles. The smallest absolute Gasteiger partial charge is 0.407 e. The number of benzene rings is 1. The van der Waals surface area contributed by atoms with E-state index in [2.05, 4.69) is 20.4 Å². The normalized spacial score (nSPS) is 22.0. The van der Waals surface area contributed by atoms with Crippen molar-refractivity contribution in [2.24, 2.45) is 22.1 Å². The Hall–Kier alpha value is -4.52. The molecular weight excluding hydrogens is 630 g/mol. The van der Waals surface area contributed by atoms with Crippen LogP contribution in [-0.4, -0.2) is 60.8 Å². The number of hydrogen-bond donors (Lipinski definition) is 3. The minimum Gasteiger partial charge on any atom is -0.447 e. The first-order valence-corrected chi connectivity index (χ1v) is 15.8. The average Bonchev–Trinajstić information content (AvgIpc) is 3.38. The number of rotatable bonds is 10. The second kappa shape index (κ2) is 12.6. The van der Waals surface area contributed by atoms with Crippen LogP contribution in [0.3, 0.4) is 0 Å². The topological polar surface area (TPSA) is 144 Å². The second-order valence-electron chi connectivity index (χ2n) is 13.4. The fourth-order valence-electron chi connectivity index (χ4n) is 6.27. The fraction of sp³-hybridized carbons (Fsp3) is 0.424. The highest BCUT2D eigenvalue weighted by Gasteiger charge is 2.55. The van der Waals surface area contributed by atoms with Gasteiger partial charge in [-0.2, -0.15) is 13.9 Å². The summed E-state index contributed by atoms with van der Waals surface area (Å²) in [5.41, 5.74) is 8.27. The van der Waals surface area contributed by atoms with Crippen LogP contribution in [0, 0.1) is 11.3 Å². The number of nitrogens with two attached hydrogens (primary N) is 1. The maximum absolute atomic E-state index is 14.9. The number of halogens is 3. The lowest BCUT2D eigenvalue weighted by Crippen LogP contribution is -2.51. The van der Waals surface area contributed by atoms with Gasteiger partial charge in [-0.05, 0) is 54.4 Å². The Labute approximate surface area is 275 Å². The third-order valence-electron chi connectivity index (χ3n) is 8.54. The molecule has 0 saturated heterocycles. The van der Waals surface area contributed by atoms with Crippen LogP contribution >= 0.6 is 11.6 Å². The number of aromatic amines is 1. The third kappa shape index (κ3) is 6.80. The summed E-state index contributed by atoms with van der Waals surface area (Å²) in [6.07, 6.45) is 13.5. The third-order valence-corrected chi connectivity index (χ3v) is 8.87. The summed E-state index contributed by atoms with van der Waals surface area (Å²) in [7, 11) is 0. The minimum atomic E-state index is -2.74. The van der Waals surface area contributed by atoms with Crippen molar-refractivity contribution < 1.29 is 23.1 Å². The van der Waals surface area contributed by atoms with Gasteiger partial charge in [-0.1, -0.05) is 56.7 Å². The number of H-pyrrole nitrogens is 1. The lowest BCUT2D eigenvalue weighted by Gasteiger charge is -2.38. The molecule has 0 bridgehead atoms. The number of amides is 2. The Bertz CT molecular complexity index is 1740. The van der Waals surface area contributed by atoms with E-state index >= 15 is 0 Å². The number of ether oxygens (including phenoxy) is 1. The molecular formula is C33H37ClF2N8O3. The largest absolute Gasteiger partial charge is 0.447 e. The zero-order valence-electron chi connectivity index (χ0n) is 26.3. The predicted octanol–water partition coefficient (Wildman–Crippen LogP) is 6.24. The molecule has 1 unspecified atom stereocenters. The molecule has 2 aromatic heterocycles. The maximum atomic E-state index is 14.9. The molecule has 4 N–H and O–H groups in total. The molecule has 3 heterocycles. The summed E-state index contributed by atoms with van der Waals surface area (Å²) in [6.45, 7) is 3.16. The number of alkyl carbamates (subject to hydrolysis) is 1. The van der Waals surface area contributed by atoms with Crippen LogP contribution in [0.25, 0.3) is 16.8 Å². The van der Waals surface area contributed by atoms with E-state index in [9.17, 15) is 18.4 Å². The zero-order valence-corrected chi connectivity index (χ0v) is 27.0. The Morgan fingerprint density at radius 2 is 2.06 bits per heavy atom. The first-order valence-electron chi connectivity index (χ1n) is 15.5. The molecule has 248 valence electrons. The van der Waals surface area contributed by atoms with Gasteiger partial charge in [0.1, 0.15) is 6.61 Å². The number of alkyl halides is 2. The molecule has 2 aliphatic carbocycles. The number of nitrogens with one attached hydrogen (secondary N) is 2. The number of hydrogen-bond acceptors (Lipinski definition) is 7. The molecule has 1 aliphatic heterocycles. The van der Waals surface area contributed by atoms with Crippen LogP contribution in [0.4, 0.5) is 13.6 Å². The van der Waals surface area contributed by atoms with Crippen molar-refractivity contribution in [1.82, 2.24) is 30.0 Å². The van der Waals surface area contributed by atoms with Gasteiger partial charge >= 0.3 is 12.6 Å². The summed E-state index contributed by atoms with van der Waals surface area (Å²) in [5.74, 6) is -0.705. The number of allylic oxidation sites excluding steroid dienone is 3. The van der Waals surface area contributed by atoms with Crippen LogP contribution in [0.15, 0.2) is 66.3 Å². The molecule has 2 amide bonds. The Morgan fingerprint density at radius 1 is 1.28 bits per heavy atom. The van der Waals surface area contributed by atoms with Gasteiger partial charge in [0.2, 0.25) is 0 Å². The highest BCUT2D eigenvalue weighted by Crippen LogP contribution is 2.46. The fourth-order valence-corrected chi connectivity index (χ4v) is 6.49. The first-order chi connectivity index (χ1) is 22.3. The number of aliphatic imine (C=N–C) groups is 1. The molecule has 11 nitrogen and oxygen atoms in total. The van der Waals surface area contributed by atoms with E-state index in [1.54, 1.807) is 24.7 Å². The molecule has 1 saturated carbocycles. The van der Waals surface area contributed by atoms with Crippen LogP contribution in [-0.2, 0) is 9.53 Å². The Kier molecular flexibility index (Phi) is 8.68. The molecule has 0 radical (unpaired) electrons. The molecule has 3 atom stereocenters. The van der Waals surface area contributed by atoms with Gasteiger partial charge in [0, 0.05) is 34.3 Å². The van der Waals surface area contributed by atoms with Crippen LogP contribution < -0.4 is 11.1 Å². The zero-order chi connectivity index (χ0) is 33.5. The summed E-state index contributed by atoms with van der Waals surface area (Å²) < 4.78 is 32.6. The molecule has 1 fully saturated rings. The van der Waals surface area contributed by atoms with E-state index in [1.807, 2.05) is 45.1 Å². The highest BCUT2D eigenvalue weighted by molar-refractivity contribution is 6.33. The quantitative estimate of drug-likeness (QED) is 0.234. The van der Waals surface area contributed by atoms with Crippen molar-refractivity contribution in [1.29, 1.82) is 0 Å². The van der Waals surface area contributed by atoms with E-state index in [4.69, 9.17) is 27.1 Å². The lowest BCUT2D eigenvalue weighted by atomic mass is 9.70.